The van der Waals surface area contributed by atoms with Crippen molar-refractivity contribution >= 4 is 6.08 Å². The van der Waals surface area contributed by atoms with Crippen molar-refractivity contribution in [2.75, 3.05) is 6.61 Å². The summed E-state index contributed by atoms with van der Waals surface area (Å²) in [6.45, 7) is 2.75. The number of aliphatic hydroxyl groups excluding tert-OH is 1. The van der Waals surface area contributed by atoms with Crippen LogP contribution in [0.2, 0.25) is 0 Å². The Labute approximate surface area is 115 Å². The second kappa shape index (κ2) is 4.78. The van der Waals surface area contributed by atoms with Crippen LogP contribution >= 0.6 is 0 Å². The number of aromatic nitrogens is 2. The first kappa shape index (κ1) is 12.9. The van der Waals surface area contributed by atoms with Crippen molar-refractivity contribution in [3.63, 3.8) is 0 Å². The SMILES string of the molecule is Cn1cc2c(n1)C=C1CCC[C@H](CCCO)[C@@]1(C)C2. The minimum absolute atomic E-state index is 0.295. The topological polar surface area (TPSA) is 38.0 Å². The van der Waals surface area contributed by atoms with E-state index in [9.17, 15) is 0 Å². The molecule has 104 valence electrons. The van der Waals surface area contributed by atoms with Crippen molar-refractivity contribution in [2.45, 2.75) is 45.4 Å². The highest BCUT2D eigenvalue weighted by Gasteiger charge is 2.42. The molecule has 2 aliphatic carbocycles. The van der Waals surface area contributed by atoms with Gasteiger partial charge in [-0.2, -0.15) is 5.10 Å². The molecule has 0 saturated heterocycles. The first-order valence-electron chi connectivity index (χ1n) is 7.48. The van der Waals surface area contributed by atoms with E-state index >= 15 is 0 Å². The van der Waals surface area contributed by atoms with E-state index < -0.39 is 0 Å². The molecule has 2 aliphatic rings. The number of aliphatic hydroxyl groups is 1. The maximum absolute atomic E-state index is 9.11. The molecule has 1 N–H and O–H groups in total. The van der Waals surface area contributed by atoms with Gasteiger partial charge in [-0.05, 0) is 61.5 Å². The molecule has 1 saturated carbocycles. The summed E-state index contributed by atoms with van der Waals surface area (Å²) in [6, 6.07) is 0. The Hall–Kier alpha value is -1.09. The number of allylic oxidation sites excluding steroid dienone is 1. The molecular weight excluding hydrogens is 236 g/mol. The fraction of sp³-hybridized carbons (Fsp3) is 0.688. The van der Waals surface area contributed by atoms with Gasteiger partial charge in [-0.1, -0.05) is 12.5 Å². The Morgan fingerprint density at radius 2 is 2.37 bits per heavy atom. The van der Waals surface area contributed by atoms with Crippen molar-refractivity contribution in [3.8, 4) is 0 Å². The zero-order valence-electron chi connectivity index (χ0n) is 12.0. The lowest BCUT2D eigenvalue weighted by atomic mass is 9.59. The third-order valence-electron chi connectivity index (χ3n) is 5.15. The molecule has 0 amide bonds. The van der Waals surface area contributed by atoms with E-state index in [1.807, 2.05) is 11.7 Å². The van der Waals surface area contributed by atoms with Gasteiger partial charge in [0.2, 0.25) is 0 Å². The molecule has 3 nitrogen and oxygen atoms in total. The monoisotopic (exact) mass is 260 g/mol. The molecule has 0 radical (unpaired) electrons. The predicted octanol–water partition coefficient (Wildman–Crippen LogP) is 2.94. The zero-order valence-corrected chi connectivity index (χ0v) is 12.0. The smallest absolute Gasteiger partial charge is 0.0882 e. The summed E-state index contributed by atoms with van der Waals surface area (Å²) in [6.07, 6.45) is 11.5. The predicted molar refractivity (Wildman–Crippen MR) is 76.7 cm³/mol. The molecule has 3 heteroatoms. The van der Waals surface area contributed by atoms with Gasteiger partial charge in [-0.15, -0.1) is 0 Å². The van der Waals surface area contributed by atoms with Gasteiger partial charge in [0.1, 0.15) is 0 Å². The molecule has 2 atom stereocenters. The summed E-state index contributed by atoms with van der Waals surface area (Å²) >= 11 is 0. The second-order valence-corrected chi connectivity index (χ2v) is 6.43. The maximum Gasteiger partial charge on any atom is 0.0882 e. The van der Waals surface area contributed by atoms with Crippen LogP contribution in [0.1, 0.15) is 50.3 Å². The normalized spacial score (nSPS) is 29.6. The van der Waals surface area contributed by atoms with Crippen LogP contribution in [0, 0.1) is 11.3 Å². The summed E-state index contributed by atoms with van der Waals surface area (Å²) < 4.78 is 1.94. The Morgan fingerprint density at radius 3 is 3.16 bits per heavy atom. The Kier molecular flexibility index (Phi) is 3.25. The molecule has 1 fully saturated rings. The van der Waals surface area contributed by atoms with Gasteiger partial charge < -0.3 is 5.11 Å². The summed E-state index contributed by atoms with van der Waals surface area (Å²) in [5.74, 6) is 0.716. The second-order valence-electron chi connectivity index (χ2n) is 6.43. The van der Waals surface area contributed by atoms with Crippen LogP contribution in [0.5, 0.6) is 0 Å². The highest BCUT2D eigenvalue weighted by atomic mass is 16.2. The van der Waals surface area contributed by atoms with Crippen molar-refractivity contribution in [1.29, 1.82) is 0 Å². The fourth-order valence-electron chi connectivity index (χ4n) is 4.07. The minimum Gasteiger partial charge on any atom is -0.396 e. The standard InChI is InChI=1S/C16H24N2O/c1-16-10-12-11-18(2)17-15(12)9-14(16)6-3-5-13(16)7-4-8-19/h9,11,13,19H,3-8,10H2,1-2H3/t13-,16-/m1/s1. The van der Waals surface area contributed by atoms with Crippen molar-refractivity contribution in [1.82, 2.24) is 9.78 Å². The molecule has 1 heterocycles. The Bertz CT molecular complexity index is 503. The molecular formula is C16H24N2O. The van der Waals surface area contributed by atoms with E-state index in [-0.39, 0.29) is 0 Å². The summed E-state index contributed by atoms with van der Waals surface area (Å²) in [5.41, 5.74) is 4.46. The van der Waals surface area contributed by atoms with E-state index in [1.165, 1.54) is 30.5 Å². The van der Waals surface area contributed by atoms with Gasteiger partial charge in [0.15, 0.2) is 0 Å². The number of fused-ring (bicyclic) bond motifs is 2. The summed E-state index contributed by atoms with van der Waals surface area (Å²) in [4.78, 5) is 0. The molecule has 0 spiro atoms. The van der Waals surface area contributed by atoms with E-state index in [4.69, 9.17) is 5.11 Å². The van der Waals surface area contributed by atoms with Gasteiger partial charge in [-0.3, -0.25) is 4.68 Å². The van der Waals surface area contributed by atoms with Crippen molar-refractivity contribution in [3.05, 3.63) is 23.0 Å². The highest BCUT2D eigenvalue weighted by molar-refractivity contribution is 5.58. The lowest BCUT2D eigenvalue weighted by molar-refractivity contribution is 0.155. The lowest BCUT2D eigenvalue weighted by Crippen LogP contribution is -2.37. The average molecular weight is 260 g/mol. The molecule has 3 rings (SSSR count). The Balaban J connectivity index is 1.92. The van der Waals surface area contributed by atoms with Gasteiger partial charge in [-0.25, -0.2) is 0 Å². The van der Waals surface area contributed by atoms with Crippen LogP contribution in [-0.4, -0.2) is 21.5 Å². The highest BCUT2D eigenvalue weighted by Crippen LogP contribution is 2.52. The Morgan fingerprint density at radius 1 is 1.53 bits per heavy atom. The molecule has 0 aromatic carbocycles. The van der Waals surface area contributed by atoms with Crippen LogP contribution in [0.25, 0.3) is 6.08 Å². The van der Waals surface area contributed by atoms with Gasteiger partial charge in [0.05, 0.1) is 5.69 Å². The van der Waals surface area contributed by atoms with Crippen LogP contribution in [-0.2, 0) is 13.5 Å². The van der Waals surface area contributed by atoms with Gasteiger partial charge >= 0.3 is 0 Å². The van der Waals surface area contributed by atoms with Crippen LogP contribution < -0.4 is 0 Å². The van der Waals surface area contributed by atoms with Gasteiger partial charge in [0, 0.05) is 19.9 Å². The van der Waals surface area contributed by atoms with E-state index in [0.29, 0.717) is 17.9 Å². The first-order valence-corrected chi connectivity index (χ1v) is 7.48. The first-order chi connectivity index (χ1) is 9.13. The van der Waals surface area contributed by atoms with E-state index in [0.717, 1.165) is 19.3 Å². The molecule has 0 bridgehead atoms. The van der Waals surface area contributed by atoms with Crippen LogP contribution in [0.4, 0.5) is 0 Å². The molecule has 19 heavy (non-hydrogen) atoms. The zero-order chi connectivity index (χ0) is 13.5. The quantitative estimate of drug-likeness (QED) is 0.907. The maximum atomic E-state index is 9.11. The van der Waals surface area contributed by atoms with Crippen LogP contribution in [0.3, 0.4) is 0 Å². The third-order valence-corrected chi connectivity index (χ3v) is 5.15. The summed E-state index contributed by atoms with van der Waals surface area (Å²) in [7, 11) is 2.01. The van der Waals surface area contributed by atoms with E-state index in [2.05, 4.69) is 24.3 Å². The molecule has 0 aliphatic heterocycles. The number of hydrogen-bond donors (Lipinski definition) is 1. The van der Waals surface area contributed by atoms with Crippen LogP contribution in [0.15, 0.2) is 11.8 Å². The number of aryl methyl sites for hydroxylation is 1. The number of nitrogens with zero attached hydrogens (tertiary/aromatic N) is 2. The lowest BCUT2D eigenvalue weighted by Gasteiger charge is -2.46. The summed E-state index contributed by atoms with van der Waals surface area (Å²) in [5, 5.41) is 13.7. The fourth-order valence-corrected chi connectivity index (χ4v) is 4.07. The molecule has 1 aromatic heterocycles. The van der Waals surface area contributed by atoms with Gasteiger partial charge in [0.25, 0.3) is 0 Å². The largest absolute Gasteiger partial charge is 0.396 e. The van der Waals surface area contributed by atoms with Crippen molar-refractivity contribution in [2.24, 2.45) is 18.4 Å². The number of rotatable bonds is 3. The molecule has 0 unspecified atom stereocenters. The van der Waals surface area contributed by atoms with Crippen molar-refractivity contribution < 1.29 is 5.11 Å². The number of hydrogen-bond acceptors (Lipinski definition) is 2. The molecule has 1 aromatic rings. The third kappa shape index (κ3) is 2.14. The van der Waals surface area contributed by atoms with E-state index in [1.54, 1.807) is 5.57 Å². The average Bonchev–Trinajstić information content (AvgIpc) is 2.71. The minimum atomic E-state index is 0.295.